The molecule has 250 valence electrons. The summed E-state index contributed by atoms with van der Waals surface area (Å²) >= 11 is 0. The van der Waals surface area contributed by atoms with E-state index >= 15 is 0 Å². The Morgan fingerprint density at radius 1 is 0.674 bits per heavy atom. The van der Waals surface area contributed by atoms with Crippen molar-refractivity contribution in [3.63, 3.8) is 0 Å². The molecule has 0 radical (unpaired) electrons. The molecule has 2 atom stereocenters. The number of aliphatic carboxylic acids is 1. The second kappa shape index (κ2) is 27.4. The number of ether oxygens (including phenoxy) is 3. The smallest absolute Gasteiger partial charge is 0.306 e. The Bertz CT molecular complexity index is 773. The molecule has 0 heterocycles. The Labute approximate surface area is 262 Å². The molecule has 0 spiro atoms. The van der Waals surface area contributed by atoms with Crippen molar-refractivity contribution >= 4 is 17.9 Å². The van der Waals surface area contributed by atoms with Crippen LogP contribution in [0.15, 0.2) is 24.3 Å². The van der Waals surface area contributed by atoms with Crippen LogP contribution < -0.4 is 5.11 Å². The average molecular weight is 610 g/mol. The molecule has 0 aliphatic carbocycles. The molecule has 0 aromatic carbocycles. The number of rotatable bonds is 29. The number of carboxylic acid groups (broad SMARTS) is 1. The van der Waals surface area contributed by atoms with Crippen molar-refractivity contribution in [3.05, 3.63) is 24.3 Å². The lowest BCUT2D eigenvalue weighted by Gasteiger charge is -2.34. The van der Waals surface area contributed by atoms with Gasteiger partial charge in [0.25, 0.3) is 0 Å². The van der Waals surface area contributed by atoms with Gasteiger partial charge in [-0.2, -0.15) is 0 Å². The number of allylic oxidation sites excluding steroid dienone is 4. The van der Waals surface area contributed by atoms with Crippen LogP contribution in [0.2, 0.25) is 0 Å². The third-order valence-electron chi connectivity index (χ3n) is 7.32. The van der Waals surface area contributed by atoms with Crippen LogP contribution in [0.3, 0.4) is 0 Å². The molecular weight excluding hydrogens is 546 g/mol. The van der Waals surface area contributed by atoms with Crippen LogP contribution in [-0.2, 0) is 28.6 Å². The lowest BCUT2D eigenvalue weighted by Crippen LogP contribution is -2.55. The molecule has 0 bridgehead atoms. The molecular formula is C35H63NO7. The van der Waals surface area contributed by atoms with Gasteiger partial charge < -0.3 is 28.6 Å². The minimum absolute atomic E-state index is 0.0236. The fraction of sp³-hybridized carbons (Fsp3) is 0.800. The maximum absolute atomic E-state index is 12.4. The summed E-state index contributed by atoms with van der Waals surface area (Å²) in [4.78, 5) is 36.3. The third-order valence-corrected chi connectivity index (χ3v) is 7.32. The van der Waals surface area contributed by atoms with Crippen LogP contribution in [0.4, 0.5) is 0 Å². The van der Waals surface area contributed by atoms with E-state index in [2.05, 4.69) is 32.1 Å². The standard InChI is InChI=1S/C35H63NO7/c1-6-8-10-12-14-15-16-17-18-20-21-23-25-33(37)42-30-31(29-41-28-27-32(35(39)40)36(3,4)5)43-34(38)26-24-22-19-13-11-9-7-2/h14-15,19,22,31-32H,6-13,16-18,20-21,23-30H2,1-5H3/b15-14+,22-19+. The van der Waals surface area contributed by atoms with Gasteiger partial charge in [-0.1, -0.05) is 83.1 Å². The van der Waals surface area contributed by atoms with E-state index in [0.29, 0.717) is 12.8 Å². The Morgan fingerprint density at radius 2 is 1.21 bits per heavy atom. The molecule has 0 aromatic rings. The highest BCUT2D eigenvalue weighted by molar-refractivity contribution is 5.70. The van der Waals surface area contributed by atoms with Gasteiger partial charge in [-0.15, -0.1) is 0 Å². The normalized spacial score (nSPS) is 13.4. The lowest BCUT2D eigenvalue weighted by atomic mass is 10.1. The number of carbonyl (C=O) groups excluding carboxylic acids is 3. The van der Waals surface area contributed by atoms with Crippen LogP contribution in [-0.4, -0.2) is 75.5 Å². The molecule has 0 saturated heterocycles. The van der Waals surface area contributed by atoms with Gasteiger partial charge in [0.1, 0.15) is 12.6 Å². The first-order valence-corrected chi connectivity index (χ1v) is 16.9. The van der Waals surface area contributed by atoms with Crippen LogP contribution in [0, 0.1) is 0 Å². The van der Waals surface area contributed by atoms with Crippen molar-refractivity contribution < 1.29 is 38.2 Å². The van der Waals surface area contributed by atoms with E-state index in [0.717, 1.165) is 44.9 Å². The molecule has 0 saturated carbocycles. The summed E-state index contributed by atoms with van der Waals surface area (Å²) in [5.74, 6) is -1.82. The van der Waals surface area contributed by atoms with Crippen molar-refractivity contribution in [3.8, 4) is 0 Å². The molecule has 0 aromatic heterocycles. The Hall–Kier alpha value is -2.19. The molecule has 8 heteroatoms. The van der Waals surface area contributed by atoms with E-state index < -0.39 is 18.1 Å². The molecule has 0 rings (SSSR count). The number of unbranched alkanes of at least 4 members (excludes halogenated alkanes) is 11. The number of hydrogen-bond donors (Lipinski definition) is 0. The summed E-state index contributed by atoms with van der Waals surface area (Å²) in [6, 6.07) is -0.727. The Balaban J connectivity index is 4.49. The summed E-state index contributed by atoms with van der Waals surface area (Å²) in [6.07, 6.45) is 25.2. The minimum Gasteiger partial charge on any atom is -0.544 e. The zero-order valence-electron chi connectivity index (χ0n) is 28.1. The fourth-order valence-electron chi connectivity index (χ4n) is 4.61. The van der Waals surface area contributed by atoms with Crippen molar-refractivity contribution in [1.82, 2.24) is 0 Å². The number of esters is 2. The van der Waals surface area contributed by atoms with Gasteiger partial charge in [-0.05, 0) is 51.4 Å². The van der Waals surface area contributed by atoms with Crippen LogP contribution in [0.1, 0.15) is 129 Å². The average Bonchev–Trinajstić information content (AvgIpc) is 2.94. The maximum Gasteiger partial charge on any atom is 0.306 e. The van der Waals surface area contributed by atoms with Crippen LogP contribution in [0.25, 0.3) is 0 Å². The topological polar surface area (TPSA) is 102 Å². The van der Waals surface area contributed by atoms with Gasteiger partial charge in [0.2, 0.25) is 0 Å². The van der Waals surface area contributed by atoms with E-state index in [4.69, 9.17) is 14.2 Å². The molecule has 0 aliphatic heterocycles. The molecule has 0 aliphatic rings. The molecule has 2 unspecified atom stereocenters. The van der Waals surface area contributed by atoms with E-state index in [9.17, 15) is 19.5 Å². The zero-order valence-corrected chi connectivity index (χ0v) is 28.1. The predicted molar refractivity (Wildman–Crippen MR) is 171 cm³/mol. The van der Waals surface area contributed by atoms with Crippen LogP contribution in [0.5, 0.6) is 0 Å². The number of carboxylic acids is 1. The first-order valence-electron chi connectivity index (χ1n) is 16.9. The van der Waals surface area contributed by atoms with Gasteiger partial charge in [-0.25, -0.2) is 0 Å². The zero-order chi connectivity index (χ0) is 32.2. The quantitative estimate of drug-likeness (QED) is 0.0415. The largest absolute Gasteiger partial charge is 0.544 e. The number of quaternary nitrogens is 1. The van der Waals surface area contributed by atoms with E-state index in [-0.39, 0.29) is 49.1 Å². The summed E-state index contributed by atoms with van der Waals surface area (Å²) in [5.41, 5.74) is 0. The summed E-state index contributed by atoms with van der Waals surface area (Å²) in [6.45, 7) is 4.49. The second-order valence-electron chi connectivity index (χ2n) is 12.4. The molecule has 0 N–H and O–H groups in total. The summed E-state index contributed by atoms with van der Waals surface area (Å²) in [7, 11) is 5.36. The highest BCUT2D eigenvalue weighted by Crippen LogP contribution is 2.11. The van der Waals surface area contributed by atoms with Crippen molar-refractivity contribution in [2.24, 2.45) is 0 Å². The Kier molecular flexibility index (Phi) is 26.0. The van der Waals surface area contributed by atoms with Gasteiger partial charge in [0.05, 0.1) is 40.3 Å². The highest BCUT2D eigenvalue weighted by atomic mass is 16.6. The highest BCUT2D eigenvalue weighted by Gasteiger charge is 2.25. The van der Waals surface area contributed by atoms with Gasteiger partial charge in [0, 0.05) is 19.3 Å². The molecule has 0 fully saturated rings. The van der Waals surface area contributed by atoms with Crippen molar-refractivity contribution in [2.75, 3.05) is 41.0 Å². The van der Waals surface area contributed by atoms with Crippen molar-refractivity contribution in [2.45, 2.75) is 142 Å². The van der Waals surface area contributed by atoms with E-state index in [1.807, 2.05) is 6.08 Å². The number of likely N-dealkylation sites (N-methyl/N-ethyl adjacent to an activating group) is 1. The number of carbonyl (C=O) groups is 3. The first kappa shape index (κ1) is 40.8. The van der Waals surface area contributed by atoms with Gasteiger partial charge in [-0.3, -0.25) is 9.59 Å². The summed E-state index contributed by atoms with van der Waals surface area (Å²) < 4.78 is 16.9. The third kappa shape index (κ3) is 26.0. The lowest BCUT2D eigenvalue weighted by molar-refractivity contribution is -0.889. The van der Waals surface area contributed by atoms with Crippen molar-refractivity contribution in [1.29, 1.82) is 0 Å². The van der Waals surface area contributed by atoms with E-state index in [1.165, 1.54) is 44.9 Å². The minimum atomic E-state index is -1.13. The molecule has 0 amide bonds. The monoisotopic (exact) mass is 609 g/mol. The second-order valence-corrected chi connectivity index (χ2v) is 12.4. The van der Waals surface area contributed by atoms with Gasteiger partial charge >= 0.3 is 11.9 Å². The van der Waals surface area contributed by atoms with Gasteiger partial charge in [0.15, 0.2) is 6.10 Å². The summed E-state index contributed by atoms with van der Waals surface area (Å²) in [5, 5.41) is 11.5. The van der Waals surface area contributed by atoms with Crippen LogP contribution >= 0.6 is 0 Å². The SMILES string of the molecule is CCCCC/C=C/CCCCCCCC(=O)OCC(COCCC(C(=O)[O-])[N+](C)(C)C)OC(=O)CC/C=C/CCCCC. The Morgan fingerprint density at radius 3 is 1.77 bits per heavy atom. The van der Waals surface area contributed by atoms with E-state index in [1.54, 1.807) is 21.1 Å². The first-order chi connectivity index (χ1) is 20.6. The number of hydrogen-bond acceptors (Lipinski definition) is 7. The maximum atomic E-state index is 12.4. The predicted octanol–water partition coefficient (Wildman–Crippen LogP) is 6.46. The number of nitrogens with zero attached hydrogens (tertiary/aromatic N) is 1. The fourth-order valence-corrected chi connectivity index (χ4v) is 4.61. The molecule has 43 heavy (non-hydrogen) atoms. The molecule has 8 nitrogen and oxygen atoms in total.